The van der Waals surface area contributed by atoms with Crippen LogP contribution in [0.3, 0.4) is 0 Å². The van der Waals surface area contributed by atoms with Crippen molar-refractivity contribution >= 4 is 41.1 Å². The summed E-state index contributed by atoms with van der Waals surface area (Å²) in [6.07, 6.45) is 4.00. The molecule has 0 radical (unpaired) electrons. The third kappa shape index (κ3) is 5.15. The number of halogens is 2. The SMILES string of the molecule is CSNc1ccn(C(=O)N2CCN(C(C)c3ccc(Cl)c(N4CCC(F)CC4)c3)CC2)n1. The number of anilines is 2. The van der Waals surface area contributed by atoms with Gasteiger partial charge in [0.15, 0.2) is 5.82 Å². The van der Waals surface area contributed by atoms with Gasteiger partial charge in [0.25, 0.3) is 0 Å². The van der Waals surface area contributed by atoms with E-state index in [1.165, 1.54) is 22.2 Å². The maximum absolute atomic E-state index is 13.6. The van der Waals surface area contributed by atoms with Crippen LogP contribution in [0.2, 0.25) is 5.02 Å². The molecule has 174 valence electrons. The highest BCUT2D eigenvalue weighted by Gasteiger charge is 2.27. The first-order chi connectivity index (χ1) is 15.5. The molecule has 10 heteroatoms. The molecule has 4 rings (SSSR count). The van der Waals surface area contributed by atoms with Crippen molar-refractivity contribution in [3.63, 3.8) is 0 Å². The molecule has 2 aliphatic rings. The average Bonchev–Trinajstić information content (AvgIpc) is 3.28. The third-order valence-corrected chi connectivity index (χ3v) is 7.07. The zero-order valence-corrected chi connectivity index (χ0v) is 20.1. The molecule has 7 nitrogen and oxygen atoms in total. The van der Waals surface area contributed by atoms with Crippen molar-refractivity contribution in [2.45, 2.75) is 32.0 Å². The van der Waals surface area contributed by atoms with Gasteiger partial charge in [-0.1, -0.05) is 29.6 Å². The predicted octanol–water partition coefficient (Wildman–Crippen LogP) is 4.51. The van der Waals surface area contributed by atoms with Gasteiger partial charge < -0.3 is 14.5 Å². The third-order valence-electron chi connectivity index (χ3n) is 6.34. The second-order valence-corrected chi connectivity index (χ2v) is 9.33. The van der Waals surface area contributed by atoms with Gasteiger partial charge in [-0.15, -0.1) is 5.10 Å². The molecule has 1 aromatic heterocycles. The highest BCUT2D eigenvalue weighted by Crippen LogP contribution is 2.33. The van der Waals surface area contributed by atoms with Crippen molar-refractivity contribution in [1.82, 2.24) is 19.6 Å². The summed E-state index contributed by atoms with van der Waals surface area (Å²) in [4.78, 5) is 19.2. The lowest BCUT2D eigenvalue weighted by molar-refractivity contribution is 0.113. The first-order valence-corrected chi connectivity index (χ1v) is 12.6. The fourth-order valence-corrected chi connectivity index (χ4v) is 4.92. The smallest absolute Gasteiger partial charge is 0.344 e. The van der Waals surface area contributed by atoms with E-state index in [1.54, 1.807) is 12.3 Å². The van der Waals surface area contributed by atoms with Gasteiger partial charge in [-0.2, -0.15) is 4.68 Å². The van der Waals surface area contributed by atoms with Crippen LogP contribution < -0.4 is 9.62 Å². The molecule has 1 unspecified atom stereocenters. The van der Waals surface area contributed by atoms with Gasteiger partial charge in [-0.3, -0.25) is 4.90 Å². The van der Waals surface area contributed by atoms with Gasteiger partial charge in [0.2, 0.25) is 0 Å². The Morgan fingerprint density at radius 2 is 1.91 bits per heavy atom. The number of hydrogen-bond donors (Lipinski definition) is 1. The molecule has 0 spiro atoms. The molecule has 1 N–H and O–H groups in total. The fraction of sp³-hybridized carbons (Fsp3) is 0.545. The number of carbonyl (C=O) groups is 1. The zero-order valence-electron chi connectivity index (χ0n) is 18.5. The van der Waals surface area contributed by atoms with Gasteiger partial charge in [0.05, 0.1) is 10.7 Å². The van der Waals surface area contributed by atoms with Crippen LogP contribution in [0.15, 0.2) is 30.5 Å². The number of aromatic nitrogens is 2. The summed E-state index contributed by atoms with van der Waals surface area (Å²) in [7, 11) is 0. The van der Waals surface area contributed by atoms with Crippen molar-refractivity contribution in [3.8, 4) is 0 Å². The summed E-state index contributed by atoms with van der Waals surface area (Å²) < 4.78 is 18.0. The van der Waals surface area contributed by atoms with Crippen molar-refractivity contribution in [2.75, 3.05) is 55.1 Å². The van der Waals surface area contributed by atoms with Crippen molar-refractivity contribution < 1.29 is 9.18 Å². The number of rotatable bonds is 5. The molecule has 2 aliphatic heterocycles. The number of piperazine rings is 1. The lowest BCUT2D eigenvalue weighted by Crippen LogP contribution is -2.50. The van der Waals surface area contributed by atoms with E-state index in [0.29, 0.717) is 49.9 Å². The molecule has 0 bridgehead atoms. The Kier molecular flexibility index (Phi) is 7.48. The topological polar surface area (TPSA) is 56.6 Å². The quantitative estimate of drug-likeness (QED) is 0.635. The maximum Gasteiger partial charge on any atom is 0.344 e. The molecule has 0 saturated carbocycles. The number of alkyl halides is 1. The van der Waals surface area contributed by atoms with Crippen LogP contribution >= 0.6 is 23.5 Å². The van der Waals surface area contributed by atoms with Crippen LogP contribution in [0.1, 0.15) is 31.4 Å². The lowest BCUT2D eigenvalue weighted by atomic mass is 10.0. The standard InChI is InChI=1S/C22H30ClFN6OS/c1-16(17-3-4-19(23)20(15-17)28-8-5-18(24)6-9-28)27-11-13-29(14-12-27)22(31)30-10-7-21(25-30)26-32-2/h3-4,7,10,15-16,18H,5-6,8-9,11-14H2,1-2H3,(H,25,26). The summed E-state index contributed by atoms with van der Waals surface area (Å²) in [5.41, 5.74) is 2.18. The van der Waals surface area contributed by atoms with Crippen LogP contribution in [-0.2, 0) is 0 Å². The predicted molar refractivity (Wildman–Crippen MR) is 130 cm³/mol. The zero-order chi connectivity index (χ0) is 22.7. The first-order valence-electron chi connectivity index (χ1n) is 11.0. The van der Waals surface area contributed by atoms with Crippen molar-refractivity contribution in [1.29, 1.82) is 0 Å². The van der Waals surface area contributed by atoms with Crippen LogP contribution in [-0.4, -0.2) is 77.3 Å². The minimum absolute atomic E-state index is 0.100. The largest absolute Gasteiger partial charge is 0.370 e. The van der Waals surface area contributed by atoms with Gasteiger partial charge in [0, 0.05) is 63.8 Å². The number of benzene rings is 1. The maximum atomic E-state index is 13.6. The first kappa shape index (κ1) is 23.2. The normalized spacial score (nSPS) is 19.2. The van der Waals surface area contributed by atoms with E-state index in [1.807, 2.05) is 17.2 Å². The Morgan fingerprint density at radius 1 is 1.19 bits per heavy atom. The number of hydrogen-bond acceptors (Lipinski definition) is 6. The highest BCUT2D eigenvalue weighted by molar-refractivity contribution is 7.99. The number of carbonyl (C=O) groups excluding carboxylic acids is 1. The Labute approximate surface area is 198 Å². The Balaban J connectivity index is 1.37. The van der Waals surface area contributed by atoms with E-state index >= 15 is 0 Å². The molecule has 2 saturated heterocycles. The summed E-state index contributed by atoms with van der Waals surface area (Å²) in [5.74, 6) is 0.674. The average molecular weight is 481 g/mol. The van der Waals surface area contributed by atoms with Gasteiger partial charge in [0.1, 0.15) is 6.17 Å². The minimum atomic E-state index is -0.707. The molecule has 2 aromatic rings. The monoisotopic (exact) mass is 480 g/mol. The lowest BCUT2D eigenvalue weighted by Gasteiger charge is -2.38. The second kappa shape index (κ2) is 10.3. The van der Waals surface area contributed by atoms with Gasteiger partial charge >= 0.3 is 6.03 Å². The van der Waals surface area contributed by atoms with E-state index in [4.69, 9.17) is 11.6 Å². The van der Waals surface area contributed by atoms with Crippen molar-refractivity contribution in [3.05, 3.63) is 41.0 Å². The van der Waals surface area contributed by atoms with E-state index in [-0.39, 0.29) is 12.1 Å². The summed E-state index contributed by atoms with van der Waals surface area (Å²) in [6, 6.07) is 8.05. The molecule has 1 aromatic carbocycles. The number of piperidine rings is 1. The Bertz CT molecular complexity index is 927. The van der Waals surface area contributed by atoms with E-state index in [0.717, 1.165) is 18.8 Å². The summed E-state index contributed by atoms with van der Waals surface area (Å²) >= 11 is 7.93. The molecule has 3 heterocycles. The molecule has 0 aliphatic carbocycles. The fourth-order valence-electron chi connectivity index (χ4n) is 4.37. The molecule has 2 fully saturated rings. The van der Waals surface area contributed by atoms with E-state index in [2.05, 4.69) is 38.7 Å². The Morgan fingerprint density at radius 3 is 2.59 bits per heavy atom. The highest BCUT2D eigenvalue weighted by atomic mass is 35.5. The van der Waals surface area contributed by atoms with E-state index < -0.39 is 6.17 Å². The van der Waals surface area contributed by atoms with Crippen LogP contribution in [0.5, 0.6) is 0 Å². The van der Waals surface area contributed by atoms with Crippen molar-refractivity contribution in [2.24, 2.45) is 0 Å². The summed E-state index contributed by atoms with van der Waals surface area (Å²) in [5, 5.41) is 4.99. The summed E-state index contributed by atoms with van der Waals surface area (Å²) in [6.45, 7) is 6.45. The minimum Gasteiger partial charge on any atom is -0.370 e. The molecule has 1 atom stereocenters. The van der Waals surface area contributed by atoms with Crippen LogP contribution in [0.4, 0.5) is 20.7 Å². The van der Waals surface area contributed by atoms with Gasteiger partial charge in [-0.25, -0.2) is 9.18 Å². The number of amides is 1. The molecular formula is C22H30ClFN6OS. The second-order valence-electron chi connectivity index (χ2n) is 8.31. The van der Waals surface area contributed by atoms with Gasteiger partial charge in [-0.05, 0) is 37.5 Å². The number of nitrogens with zero attached hydrogens (tertiary/aromatic N) is 5. The molecule has 32 heavy (non-hydrogen) atoms. The Hall–Kier alpha value is -1.97. The molecule has 1 amide bonds. The van der Waals surface area contributed by atoms with E-state index in [9.17, 15) is 9.18 Å². The molecular weight excluding hydrogens is 451 g/mol. The number of nitrogens with one attached hydrogen (secondary N) is 1. The van der Waals surface area contributed by atoms with Crippen LogP contribution in [0.25, 0.3) is 0 Å². The van der Waals surface area contributed by atoms with Crippen LogP contribution in [0, 0.1) is 0 Å².